The minimum absolute atomic E-state index is 0.0726. The Morgan fingerprint density at radius 1 is 1.14 bits per heavy atom. The lowest BCUT2D eigenvalue weighted by Crippen LogP contribution is -2.23. The predicted molar refractivity (Wildman–Crippen MR) is 111 cm³/mol. The molecular weight excluding hydrogens is 366 g/mol. The van der Waals surface area contributed by atoms with Crippen molar-refractivity contribution in [1.29, 1.82) is 0 Å². The standard InChI is InChI=1S/C21H21N7O/c1-12-2-3-13-9-16(6-7-17(13)25-12)28-11-24-18-10-23-21(27-20(18)28)26-15-5-4-14(8-15)19(22)29/h2-3,6-7,9-11,14-15H,4-5,8H2,1H3,(H2,22,29)(H,23,26,27)/t14-,15-/m1/s1. The first kappa shape index (κ1) is 17.5. The van der Waals surface area contributed by atoms with Crippen LogP contribution in [0, 0.1) is 12.8 Å². The maximum Gasteiger partial charge on any atom is 0.224 e. The topological polar surface area (TPSA) is 112 Å². The highest BCUT2D eigenvalue weighted by Gasteiger charge is 2.28. The number of imidazole rings is 1. The Morgan fingerprint density at radius 3 is 2.86 bits per heavy atom. The monoisotopic (exact) mass is 387 g/mol. The lowest BCUT2D eigenvalue weighted by atomic mass is 10.1. The summed E-state index contributed by atoms with van der Waals surface area (Å²) in [5, 5.41) is 4.40. The van der Waals surface area contributed by atoms with E-state index in [4.69, 9.17) is 5.73 Å². The zero-order chi connectivity index (χ0) is 20.0. The number of amides is 1. The van der Waals surface area contributed by atoms with Crippen molar-refractivity contribution in [2.75, 3.05) is 5.32 Å². The van der Waals surface area contributed by atoms with Crippen LogP contribution in [0.4, 0.5) is 5.95 Å². The third-order valence-corrected chi connectivity index (χ3v) is 5.55. The van der Waals surface area contributed by atoms with Gasteiger partial charge in [0.1, 0.15) is 11.8 Å². The molecule has 8 nitrogen and oxygen atoms in total. The number of nitrogens with one attached hydrogen (secondary N) is 1. The largest absolute Gasteiger partial charge is 0.369 e. The number of aromatic nitrogens is 5. The third kappa shape index (κ3) is 3.26. The minimum atomic E-state index is -0.232. The molecule has 1 saturated carbocycles. The van der Waals surface area contributed by atoms with Crippen LogP contribution in [-0.4, -0.2) is 36.5 Å². The van der Waals surface area contributed by atoms with E-state index < -0.39 is 0 Å². The SMILES string of the molecule is Cc1ccc2cc(-n3cnc4cnc(N[C@@H]5CC[C@@H](C(N)=O)C5)nc43)ccc2n1. The number of primary amides is 1. The van der Waals surface area contributed by atoms with E-state index in [-0.39, 0.29) is 17.9 Å². The minimum Gasteiger partial charge on any atom is -0.369 e. The highest BCUT2D eigenvalue weighted by molar-refractivity contribution is 5.82. The molecule has 1 amide bonds. The van der Waals surface area contributed by atoms with Crippen LogP contribution in [0.5, 0.6) is 0 Å². The van der Waals surface area contributed by atoms with Gasteiger partial charge < -0.3 is 11.1 Å². The fraction of sp³-hybridized carbons (Fsp3) is 0.286. The van der Waals surface area contributed by atoms with Crippen molar-refractivity contribution >= 4 is 33.9 Å². The molecule has 0 saturated heterocycles. The molecule has 146 valence electrons. The normalized spacial score (nSPS) is 19.1. The molecular formula is C21H21N7O. The molecule has 1 fully saturated rings. The first-order valence-electron chi connectivity index (χ1n) is 9.70. The Kier molecular flexibility index (Phi) is 4.12. The zero-order valence-corrected chi connectivity index (χ0v) is 16.0. The fourth-order valence-corrected chi connectivity index (χ4v) is 3.99. The van der Waals surface area contributed by atoms with Crippen LogP contribution in [0.3, 0.4) is 0 Å². The molecule has 2 atom stereocenters. The van der Waals surface area contributed by atoms with Crippen LogP contribution >= 0.6 is 0 Å². The number of fused-ring (bicyclic) bond motifs is 2. The molecule has 1 aromatic carbocycles. The summed E-state index contributed by atoms with van der Waals surface area (Å²) in [4.78, 5) is 29.5. The first-order valence-corrected chi connectivity index (χ1v) is 9.70. The molecule has 0 radical (unpaired) electrons. The van der Waals surface area contributed by atoms with Crippen LogP contribution in [0.2, 0.25) is 0 Å². The van der Waals surface area contributed by atoms with Gasteiger partial charge in [0.15, 0.2) is 5.65 Å². The number of nitrogens with zero attached hydrogens (tertiary/aromatic N) is 5. The second-order valence-electron chi connectivity index (χ2n) is 7.60. The van der Waals surface area contributed by atoms with Gasteiger partial charge in [-0.3, -0.25) is 14.3 Å². The summed E-state index contributed by atoms with van der Waals surface area (Å²) in [6, 6.07) is 10.3. The van der Waals surface area contributed by atoms with E-state index in [1.807, 2.05) is 29.7 Å². The summed E-state index contributed by atoms with van der Waals surface area (Å²) >= 11 is 0. The van der Waals surface area contributed by atoms with Crippen LogP contribution in [0.15, 0.2) is 42.9 Å². The lowest BCUT2D eigenvalue weighted by Gasteiger charge is -2.12. The second-order valence-corrected chi connectivity index (χ2v) is 7.60. The number of aryl methyl sites for hydroxylation is 1. The molecule has 3 heterocycles. The Bertz CT molecular complexity index is 1230. The molecule has 0 unspecified atom stereocenters. The molecule has 0 bridgehead atoms. The summed E-state index contributed by atoms with van der Waals surface area (Å²) in [5.41, 5.74) is 9.80. The van der Waals surface area contributed by atoms with Crippen molar-refractivity contribution in [2.45, 2.75) is 32.2 Å². The molecule has 1 aliphatic rings. The number of carbonyl (C=O) groups excluding carboxylic acids is 1. The quantitative estimate of drug-likeness (QED) is 0.557. The maximum absolute atomic E-state index is 11.4. The number of nitrogens with two attached hydrogens (primary N) is 1. The molecule has 8 heteroatoms. The molecule has 0 aliphatic heterocycles. The van der Waals surface area contributed by atoms with E-state index in [9.17, 15) is 4.79 Å². The van der Waals surface area contributed by atoms with Crippen molar-refractivity contribution in [3.63, 3.8) is 0 Å². The Balaban J connectivity index is 1.47. The summed E-state index contributed by atoms with van der Waals surface area (Å²) in [6.45, 7) is 1.98. The average molecular weight is 387 g/mol. The second kappa shape index (κ2) is 6.80. The molecule has 5 rings (SSSR count). The van der Waals surface area contributed by atoms with E-state index in [2.05, 4.69) is 37.4 Å². The van der Waals surface area contributed by atoms with Gasteiger partial charge in [-0.1, -0.05) is 6.07 Å². The van der Waals surface area contributed by atoms with Crippen LogP contribution in [-0.2, 0) is 4.79 Å². The van der Waals surface area contributed by atoms with Crippen molar-refractivity contribution in [2.24, 2.45) is 11.7 Å². The zero-order valence-electron chi connectivity index (χ0n) is 16.0. The van der Waals surface area contributed by atoms with Gasteiger partial charge in [-0.05, 0) is 50.5 Å². The van der Waals surface area contributed by atoms with E-state index >= 15 is 0 Å². The molecule has 3 N–H and O–H groups in total. The molecule has 0 spiro atoms. The average Bonchev–Trinajstić information content (AvgIpc) is 3.34. The Labute approximate surface area is 167 Å². The van der Waals surface area contributed by atoms with Gasteiger partial charge in [-0.15, -0.1) is 0 Å². The van der Waals surface area contributed by atoms with Gasteiger partial charge in [0.25, 0.3) is 0 Å². The molecule has 3 aromatic heterocycles. The summed E-state index contributed by atoms with van der Waals surface area (Å²) in [7, 11) is 0. The van der Waals surface area contributed by atoms with Crippen LogP contribution in [0.25, 0.3) is 27.8 Å². The van der Waals surface area contributed by atoms with Crippen molar-refractivity contribution in [3.8, 4) is 5.69 Å². The van der Waals surface area contributed by atoms with E-state index in [1.165, 1.54) is 0 Å². The summed E-state index contributed by atoms with van der Waals surface area (Å²) < 4.78 is 1.95. The van der Waals surface area contributed by atoms with E-state index in [0.717, 1.165) is 46.3 Å². The van der Waals surface area contributed by atoms with Crippen LogP contribution < -0.4 is 11.1 Å². The predicted octanol–water partition coefficient (Wildman–Crippen LogP) is 2.74. The van der Waals surface area contributed by atoms with E-state index in [0.29, 0.717) is 12.4 Å². The lowest BCUT2D eigenvalue weighted by molar-refractivity contribution is -0.121. The number of hydrogen-bond donors (Lipinski definition) is 2. The Morgan fingerprint density at radius 2 is 2.03 bits per heavy atom. The van der Waals surface area contributed by atoms with Gasteiger partial charge >= 0.3 is 0 Å². The number of rotatable bonds is 4. The number of carbonyl (C=O) groups is 1. The summed E-state index contributed by atoms with van der Waals surface area (Å²) in [6.07, 6.45) is 5.87. The molecule has 29 heavy (non-hydrogen) atoms. The Hall–Kier alpha value is -3.55. The highest BCUT2D eigenvalue weighted by Crippen LogP contribution is 2.27. The third-order valence-electron chi connectivity index (χ3n) is 5.55. The maximum atomic E-state index is 11.4. The van der Waals surface area contributed by atoms with E-state index in [1.54, 1.807) is 12.5 Å². The number of benzene rings is 1. The highest BCUT2D eigenvalue weighted by atomic mass is 16.1. The smallest absolute Gasteiger partial charge is 0.224 e. The molecule has 1 aliphatic carbocycles. The number of pyridine rings is 1. The van der Waals surface area contributed by atoms with Crippen molar-refractivity contribution in [3.05, 3.63) is 48.5 Å². The van der Waals surface area contributed by atoms with Gasteiger partial charge in [-0.25, -0.2) is 9.97 Å². The fourth-order valence-electron chi connectivity index (χ4n) is 3.99. The molecule has 4 aromatic rings. The van der Waals surface area contributed by atoms with Crippen molar-refractivity contribution < 1.29 is 4.79 Å². The van der Waals surface area contributed by atoms with Gasteiger partial charge in [0, 0.05) is 28.7 Å². The number of anilines is 1. The van der Waals surface area contributed by atoms with Gasteiger partial charge in [-0.2, -0.15) is 4.98 Å². The number of hydrogen-bond acceptors (Lipinski definition) is 6. The summed E-state index contributed by atoms with van der Waals surface area (Å²) in [5.74, 6) is 0.230. The van der Waals surface area contributed by atoms with Crippen molar-refractivity contribution in [1.82, 2.24) is 24.5 Å². The first-order chi connectivity index (χ1) is 14.1. The van der Waals surface area contributed by atoms with Gasteiger partial charge in [0.2, 0.25) is 11.9 Å². The van der Waals surface area contributed by atoms with Crippen LogP contribution in [0.1, 0.15) is 25.0 Å². The van der Waals surface area contributed by atoms with Gasteiger partial charge in [0.05, 0.1) is 11.7 Å².